The zero-order valence-corrected chi connectivity index (χ0v) is 7.76. The molecule has 0 heterocycles. The molecule has 3 heteroatoms. The molecule has 0 aliphatic heterocycles. The van der Waals surface area contributed by atoms with E-state index in [0.29, 0.717) is 0 Å². The molecule has 0 aromatic heterocycles. The van der Waals surface area contributed by atoms with Crippen LogP contribution in [0.15, 0.2) is 0 Å². The number of hydrogen-bond acceptors (Lipinski definition) is 0. The Labute approximate surface area is 47.2 Å². The van der Waals surface area contributed by atoms with E-state index in [1.54, 1.807) is 0 Å². The fraction of sp³-hybridized carbons (Fsp3) is 1.00. The molecule has 0 N–H and O–H groups in total. The van der Waals surface area contributed by atoms with Gasteiger partial charge < -0.3 is 0 Å². The monoisotopic (exact) mass is 138 g/mol. The second-order valence-corrected chi connectivity index (χ2v) is 17.7. The lowest BCUT2D eigenvalue weighted by Gasteiger charge is -2.06. The molecule has 0 aromatic rings. The van der Waals surface area contributed by atoms with E-state index in [2.05, 4.69) is 19.6 Å². The van der Waals surface area contributed by atoms with E-state index in [0.717, 1.165) is 0 Å². The standard InChI is InChI=1S/C3H11ClSi2/c1-6(2,3)5-4/h5H2,1-3H3. The third-order valence-electron chi connectivity index (χ3n) is 0.401. The van der Waals surface area contributed by atoms with Gasteiger partial charge in [-0.05, 0) is 0 Å². The van der Waals surface area contributed by atoms with Crippen LogP contribution >= 0.6 is 11.1 Å². The summed E-state index contributed by atoms with van der Waals surface area (Å²) in [6.45, 7) is 6.94. The summed E-state index contributed by atoms with van der Waals surface area (Å²) in [6.07, 6.45) is 0. The molecule has 0 aromatic carbocycles. The predicted octanol–water partition coefficient (Wildman–Crippen LogP) is 1.14. The van der Waals surface area contributed by atoms with Gasteiger partial charge in [-0.25, -0.2) is 0 Å². The smallest absolute Gasteiger partial charge is 0.116 e. The van der Waals surface area contributed by atoms with Crippen LogP contribution in [0.5, 0.6) is 0 Å². The molecule has 38 valence electrons. The molecule has 0 spiro atoms. The minimum atomic E-state index is -0.727. The van der Waals surface area contributed by atoms with Crippen molar-refractivity contribution in [1.82, 2.24) is 0 Å². The molecule has 0 bridgehead atoms. The maximum absolute atomic E-state index is 5.68. The highest BCUT2D eigenvalue weighted by molar-refractivity contribution is 7.40. The van der Waals surface area contributed by atoms with Crippen molar-refractivity contribution < 1.29 is 0 Å². The van der Waals surface area contributed by atoms with Crippen molar-refractivity contribution in [3.05, 3.63) is 0 Å². The van der Waals surface area contributed by atoms with Crippen LogP contribution < -0.4 is 0 Å². The number of hydrogen-bond donors (Lipinski definition) is 0. The van der Waals surface area contributed by atoms with Crippen molar-refractivity contribution in [2.24, 2.45) is 0 Å². The molecule has 0 atom stereocenters. The van der Waals surface area contributed by atoms with Crippen molar-refractivity contribution in [3.63, 3.8) is 0 Å². The van der Waals surface area contributed by atoms with E-state index in [-0.39, 0.29) is 8.35 Å². The predicted molar refractivity (Wildman–Crippen MR) is 37.7 cm³/mol. The van der Waals surface area contributed by atoms with Gasteiger partial charge in [0.2, 0.25) is 0 Å². The van der Waals surface area contributed by atoms with Crippen LogP contribution in [0.1, 0.15) is 0 Å². The summed E-state index contributed by atoms with van der Waals surface area (Å²) in [7, 11) is -0.863. The normalized spacial score (nSPS) is 14.0. The van der Waals surface area contributed by atoms with E-state index in [1.165, 1.54) is 0 Å². The Morgan fingerprint density at radius 1 is 1.33 bits per heavy atom. The topological polar surface area (TPSA) is 0 Å². The quantitative estimate of drug-likeness (QED) is 0.377. The third-order valence-corrected chi connectivity index (χ3v) is 10.8. The lowest BCUT2D eigenvalue weighted by Crippen LogP contribution is -2.25. The lowest BCUT2D eigenvalue weighted by atomic mass is 11.8. The Kier molecular flexibility index (Phi) is 2.40. The Balaban J connectivity index is 3.17. The van der Waals surface area contributed by atoms with E-state index in [1.807, 2.05) is 0 Å². The summed E-state index contributed by atoms with van der Waals surface area (Å²) in [4.78, 5) is 0. The average molecular weight is 139 g/mol. The third kappa shape index (κ3) is 4.72. The van der Waals surface area contributed by atoms with Gasteiger partial charge in [0, 0.05) is 7.59 Å². The molecule has 0 rings (SSSR count). The first-order valence-corrected chi connectivity index (χ1v) is 10.1. The van der Waals surface area contributed by atoms with Crippen LogP contribution in [0, 0.1) is 0 Å². The molecule has 0 saturated carbocycles. The Hall–Kier alpha value is 0.724. The minimum Gasteiger partial charge on any atom is -0.180 e. The Bertz CT molecular complexity index is 38.5. The lowest BCUT2D eigenvalue weighted by molar-refractivity contribution is 1.87. The first-order valence-electron chi connectivity index (χ1n) is 2.12. The highest BCUT2D eigenvalue weighted by Gasteiger charge is 2.09. The average Bonchev–Trinajstić information content (AvgIpc) is 1.35. The van der Waals surface area contributed by atoms with Crippen molar-refractivity contribution in [2.45, 2.75) is 19.6 Å². The second kappa shape index (κ2) is 2.14. The zero-order chi connectivity index (χ0) is 5.21. The summed E-state index contributed by atoms with van der Waals surface area (Å²) >= 11 is 5.68. The Morgan fingerprint density at radius 3 is 1.50 bits per heavy atom. The molecule has 6 heavy (non-hydrogen) atoms. The van der Waals surface area contributed by atoms with Gasteiger partial charge in [-0.2, -0.15) is 11.1 Å². The maximum Gasteiger partial charge on any atom is 0.116 e. The van der Waals surface area contributed by atoms with Crippen LogP contribution in [0.2, 0.25) is 19.6 Å². The molecule has 0 nitrogen and oxygen atoms in total. The molecule has 0 radical (unpaired) electrons. The highest BCUT2D eigenvalue weighted by Crippen LogP contribution is 1.97. The number of halogens is 1. The van der Waals surface area contributed by atoms with Gasteiger partial charge in [0.15, 0.2) is 0 Å². The number of rotatable bonds is 1. The van der Waals surface area contributed by atoms with Crippen LogP contribution in [-0.4, -0.2) is 15.9 Å². The maximum atomic E-state index is 5.68. The summed E-state index contributed by atoms with van der Waals surface area (Å²) in [5.74, 6) is 0. The van der Waals surface area contributed by atoms with Crippen LogP contribution in [-0.2, 0) is 0 Å². The largest absolute Gasteiger partial charge is 0.180 e. The molecule has 0 aliphatic carbocycles. The summed E-state index contributed by atoms with van der Waals surface area (Å²) in [5, 5.41) is 0. The van der Waals surface area contributed by atoms with Gasteiger partial charge in [0.1, 0.15) is 8.35 Å². The van der Waals surface area contributed by atoms with Gasteiger partial charge in [-0.3, -0.25) is 0 Å². The van der Waals surface area contributed by atoms with E-state index in [9.17, 15) is 0 Å². The van der Waals surface area contributed by atoms with E-state index < -0.39 is 7.59 Å². The van der Waals surface area contributed by atoms with Crippen LogP contribution in [0.3, 0.4) is 0 Å². The van der Waals surface area contributed by atoms with Gasteiger partial charge in [0.25, 0.3) is 0 Å². The Morgan fingerprint density at radius 2 is 1.50 bits per heavy atom. The highest BCUT2D eigenvalue weighted by atomic mass is 35.6. The molecule has 0 saturated heterocycles. The molecular weight excluding hydrogens is 128 g/mol. The van der Waals surface area contributed by atoms with Crippen molar-refractivity contribution >= 4 is 27.0 Å². The summed E-state index contributed by atoms with van der Waals surface area (Å²) in [5.41, 5.74) is 0. The van der Waals surface area contributed by atoms with Gasteiger partial charge in [-0.1, -0.05) is 19.6 Å². The summed E-state index contributed by atoms with van der Waals surface area (Å²) < 4.78 is 0. The van der Waals surface area contributed by atoms with Crippen molar-refractivity contribution in [2.75, 3.05) is 0 Å². The summed E-state index contributed by atoms with van der Waals surface area (Å²) in [6, 6.07) is 0. The first kappa shape index (κ1) is 6.72. The fourth-order valence-corrected chi connectivity index (χ4v) is 0. The minimum absolute atomic E-state index is 0.137. The molecule has 0 fully saturated rings. The second-order valence-electron chi connectivity index (χ2n) is 2.69. The van der Waals surface area contributed by atoms with E-state index in [4.69, 9.17) is 11.1 Å². The van der Waals surface area contributed by atoms with Gasteiger partial charge in [-0.15, -0.1) is 0 Å². The van der Waals surface area contributed by atoms with Crippen LogP contribution in [0.25, 0.3) is 0 Å². The van der Waals surface area contributed by atoms with Crippen molar-refractivity contribution in [3.8, 4) is 0 Å². The first-order chi connectivity index (χ1) is 2.56. The van der Waals surface area contributed by atoms with Gasteiger partial charge in [0.05, 0.1) is 0 Å². The zero-order valence-electron chi connectivity index (χ0n) is 4.59. The van der Waals surface area contributed by atoms with Crippen LogP contribution in [0.4, 0.5) is 0 Å². The van der Waals surface area contributed by atoms with E-state index >= 15 is 0 Å². The molecule has 0 unspecified atom stereocenters. The molecular formula is C3H11ClSi2. The van der Waals surface area contributed by atoms with Gasteiger partial charge >= 0.3 is 0 Å². The molecule has 0 amide bonds. The fourth-order valence-electron chi connectivity index (χ4n) is 0. The molecule has 0 aliphatic rings. The SMILES string of the molecule is C[Si](C)(C)[SiH2]Cl. The van der Waals surface area contributed by atoms with Crippen molar-refractivity contribution in [1.29, 1.82) is 0 Å².